The number of anilines is 1. The van der Waals surface area contributed by atoms with E-state index in [4.69, 9.17) is 21.6 Å². The molecule has 0 aromatic heterocycles. The normalized spacial score (nSPS) is 17.1. The fourth-order valence-corrected chi connectivity index (χ4v) is 1.94. The van der Waals surface area contributed by atoms with Crippen molar-refractivity contribution in [2.75, 3.05) is 5.32 Å². The number of amides is 1. The summed E-state index contributed by atoms with van der Waals surface area (Å²) < 4.78 is 5.16. The summed E-state index contributed by atoms with van der Waals surface area (Å²) in [5.41, 5.74) is 0.838. The van der Waals surface area contributed by atoms with Gasteiger partial charge in [-0.3, -0.25) is 5.32 Å². The Kier molecular flexibility index (Phi) is 4.44. The molecule has 4 nitrogen and oxygen atoms in total. The lowest BCUT2D eigenvalue weighted by Crippen LogP contribution is -2.13. The van der Waals surface area contributed by atoms with E-state index in [2.05, 4.69) is 12.2 Å². The molecule has 102 valence electrons. The fraction of sp³-hybridized carbons (Fsp3) is 0.200. The molecule has 20 heavy (non-hydrogen) atoms. The van der Waals surface area contributed by atoms with Crippen LogP contribution in [-0.4, -0.2) is 6.09 Å². The van der Waals surface area contributed by atoms with Gasteiger partial charge in [-0.25, -0.2) is 4.79 Å². The largest absolute Gasteiger partial charge is 0.417 e. The number of carbonyl (C=O) groups is 1. The van der Waals surface area contributed by atoms with E-state index in [1.165, 1.54) is 6.07 Å². The van der Waals surface area contributed by atoms with Crippen molar-refractivity contribution in [3.05, 3.63) is 52.8 Å². The minimum atomic E-state index is -0.587. The number of benzene rings is 1. The first-order valence-electron chi connectivity index (χ1n) is 6.15. The number of nitrogens with one attached hydrogen (secondary N) is 1. The molecule has 1 unspecified atom stereocenters. The van der Waals surface area contributed by atoms with Crippen LogP contribution in [0.15, 0.2) is 42.2 Å². The van der Waals surface area contributed by atoms with E-state index in [-0.39, 0.29) is 5.02 Å². The van der Waals surface area contributed by atoms with Gasteiger partial charge in [-0.1, -0.05) is 24.6 Å². The van der Waals surface area contributed by atoms with Gasteiger partial charge in [-0.2, -0.15) is 5.26 Å². The van der Waals surface area contributed by atoms with Crippen molar-refractivity contribution in [3.63, 3.8) is 0 Å². The van der Waals surface area contributed by atoms with E-state index < -0.39 is 6.09 Å². The van der Waals surface area contributed by atoms with Crippen LogP contribution in [0.4, 0.5) is 10.5 Å². The molecule has 2 rings (SSSR count). The van der Waals surface area contributed by atoms with Gasteiger partial charge in [0.15, 0.2) is 0 Å². The Bertz CT molecular complexity index is 629. The third-order valence-electron chi connectivity index (χ3n) is 2.83. The van der Waals surface area contributed by atoms with Gasteiger partial charge in [0.2, 0.25) is 0 Å². The Hall–Kier alpha value is -2.25. The molecular formula is C15H13ClN2O2. The molecule has 0 fully saturated rings. The number of nitrogens with zero attached hydrogens (tertiary/aromatic N) is 1. The second kappa shape index (κ2) is 6.27. The third-order valence-corrected chi connectivity index (χ3v) is 3.14. The van der Waals surface area contributed by atoms with Crippen molar-refractivity contribution >= 4 is 23.4 Å². The first-order valence-corrected chi connectivity index (χ1v) is 6.53. The summed E-state index contributed by atoms with van der Waals surface area (Å²) in [6.07, 6.45) is 5.90. The molecule has 1 N–H and O–H groups in total. The zero-order valence-electron chi connectivity index (χ0n) is 10.9. The SMILES string of the molecule is CC1C=CC(OC(=O)Nc2ccc(C#N)c(Cl)c2)=CC1. The van der Waals surface area contributed by atoms with Crippen LogP contribution in [0.3, 0.4) is 0 Å². The van der Waals surface area contributed by atoms with Crippen molar-refractivity contribution in [2.45, 2.75) is 13.3 Å². The van der Waals surface area contributed by atoms with Gasteiger partial charge in [-0.15, -0.1) is 0 Å². The van der Waals surface area contributed by atoms with E-state index >= 15 is 0 Å². The maximum atomic E-state index is 11.7. The van der Waals surface area contributed by atoms with Gasteiger partial charge >= 0.3 is 6.09 Å². The number of allylic oxidation sites excluding steroid dienone is 3. The Labute approximate surface area is 122 Å². The maximum absolute atomic E-state index is 11.7. The highest BCUT2D eigenvalue weighted by Gasteiger charge is 2.10. The van der Waals surface area contributed by atoms with Crippen molar-refractivity contribution < 1.29 is 9.53 Å². The van der Waals surface area contributed by atoms with Gasteiger partial charge in [0, 0.05) is 5.69 Å². The van der Waals surface area contributed by atoms with E-state index in [0.717, 1.165) is 6.42 Å². The number of nitriles is 1. The van der Waals surface area contributed by atoms with E-state index in [1.54, 1.807) is 18.2 Å². The zero-order valence-corrected chi connectivity index (χ0v) is 11.6. The molecule has 0 saturated carbocycles. The molecule has 1 atom stereocenters. The standard InChI is InChI=1S/C15H13ClN2O2/c1-10-2-6-13(7-3-10)20-15(19)18-12-5-4-11(9-17)14(16)8-12/h2,4-8,10H,3H2,1H3,(H,18,19). The summed E-state index contributed by atoms with van der Waals surface area (Å²) in [6.45, 7) is 2.09. The molecule has 1 aliphatic carbocycles. The van der Waals surface area contributed by atoms with Crippen LogP contribution in [0.1, 0.15) is 18.9 Å². The number of halogens is 1. The van der Waals surface area contributed by atoms with Crippen LogP contribution in [0, 0.1) is 17.2 Å². The lowest BCUT2D eigenvalue weighted by atomic mass is 10.0. The first kappa shape index (κ1) is 14.2. The van der Waals surface area contributed by atoms with Crippen LogP contribution < -0.4 is 5.32 Å². The predicted molar refractivity (Wildman–Crippen MR) is 77.3 cm³/mol. The van der Waals surface area contributed by atoms with Crippen LogP contribution in [0.25, 0.3) is 0 Å². The highest BCUT2D eigenvalue weighted by Crippen LogP contribution is 2.21. The Morgan fingerprint density at radius 1 is 1.55 bits per heavy atom. The molecule has 0 spiro atoms. The molecule has 0 heterocycles. The van der Waals surface area contributed by atoms with Gasteiger partial charge in [0.1, 0.15) is 11.8 Å². The Balaban J connectivity index is 1.97. The van der Waals surface area contributed by atoms with Crippen LogP contribution in [-0.2, 0) is 4.74 Å². The highest BCUT2D eigenvalue weighted by molar-refractivity contribution is 6.32. The van der Waals surface area contributed by atoms with Crippen molar-refractivity contribution in [2.24, 2.45) is 5.92 Å². The van der Waals surface area contributed by atoms with Gasteiger partial charge < -0.3 is 4.74 Å². The minimum absolute atomic E-state index is 0.288. The quantitative estimate of drug-likeness (QED) is 0.885. The van der Waals surface area contributed by atoms with Crippen LogP contribution in [0.5, 0.6) is 0 Å². The monoisotopic (exact) mass is 288 g/mol. The van der Waals surface area contributed by atoms with Gasteiger partial charge in [0.05, 0.1) is 10.6 Å². The van der Waals surface area contributed by atoms with Crippen molar-refractivity contribution in [3.8, 4) is 6.07 Å². The average molecular weight is 289 g/mol. The molecule has 1 aromatic rings. The summed E-state index contributed by atoms with van der Waals surface area (Å²) >= 11 is 5.88. The molecule has 0 aliphatic heterocycles. The molecule has 0 saturated heterocycles. The van der Waals surface area contributed by atoms with Crippen LogP contribution >= 0.6 is 11.6 Å². The number of hydrogen-bond acceptors (Lipinski definition) is 3. The Morgan fingerprint density at radius 3 is 2.95 bits per heavy atom. The second-order valence-electron chi connectivity index (χ2n) is 4.50. The molecule has 0 radical (unpaired) electrons. The van der Waals surface area contributed by atoms with Gasteiger partial charge in [-0.05, 0) is 42.7 Å². The predicted octanol–water partition coefficient (Wildman–Crippen LogP) is 4.24. The lowest BCUT2D eigenvalue weighted by molar-refractivity contribution is 0.194. The summed E-state index contributed by atoms with van der Waals surface area (Å²) in [5, 5.41) is 11.6. The van der Waals surface area contributed by atoms with Crippen LogP contribution in [0.2, 0.25) is 5.02 Å². The van der Waals surface area contributed by atoms with E-state index in [9.17, 15) is 4.79 Å². The molecule has 0 bridgehead atoms. The minimum Gasteiger partial charge on any atom is -0.410 e. The average Bonchev–Trinajstić information content (AvgIpc) is 2.41. The molecule has 1 aromatic carbocycles. The van der Waals surface area contributed by atoms with Crippen molar-refractivity contribution in [1.82, 2.24) is 0 Å². The maximum Gasteiger partial charge on any atom is 0.417 e. The summed E-state index contributed by atoms with van der Waals surface area (Å²) in [4.78, 5) is 11.7. The smallest absolute Gasteiger partial charge is 0.410 e. The number of rotatable bonds is 2. The molecule has 1 amide bonds. The molecule has 5 heteroatoms. The van der Waals surface area contributed by atoms with E-state index in [1.807, 2.05) is 18.2 Å². The summed E-state index contributed by atoms with van der Waals surface area (Å²) in [6, 6.07) is 6.60. The number of hydrogen-bond donors (Lipinski definition) is 1. The topological polar surface area (TPSA) is 62.1 Å². The van der Waals surface area contributed by atoms with Gasteiger partial charge in [0.25, 0.3) is 0 Å². The molecular weight excluding hydrogens is 276 g/mol. The first-order chi connectivity index (χ1) is 9.58. The fourth-order valence-electron chi connectivity index (χ4n) is 1.72. The molecule has 1 aliphatic rings. The number of ether oxygens (including phenoxy) is 1. The van der Waals surface area contributed by atoms with Crippen molar-refractivity contribution in [1.29, 1.82) is 5.26 Å². The number of carbonyl (C=O) groups excluding carboxylic acids is 1. The lowest BCUT2D eigenvalue weighted by Gasteiger charge is -2.12. The van der Waals surface area contributed by atoms with E-state index in [0.29, 0.717) is 22.9 Å². The second-order valence-corrected chi connectivity index (χ2v) is 4.91. The zero-order chi connectivity index (χ0) is 14.5. The Morgan fingerprint density at radius 2 is 2.35 bits per heavy atom. The summed E-state index contributed by atoms with van der Waals surface area (Å²) in [5.74, 6) is 0.989. The summed E-state index contributed by atoms with van der Waals surface area (Å²) in [7, 11) is 0. The highest BCUT2D eigenvalue weighted by atomic mass is 35.5. The third kappa shape index (κ3) is 3.62.